The highest BCUT2D eigenvalue weighted by Gasteiger charge is 2.21. The number of amidine groups is 1. The van der Waals surface area contributed by atoms with Crippen molar-refractivity contribution in [3.8, 4) is 0 Å². The third-order valence-corrected chi connectivity index (χ3v) is 4.31. The molecule has 1 aliphatic rings. The Bertz CT molecular complexity index is 227. The van der Waals surface area contributed by atoms with Crippen LogP contribution in [0.3, 0.4) is 0 Å². The van der Waals surface area contributed by atoms with Crippen molar-refractivity contribution in [3.05, 3.63) is 0 Å². The van der Waals surface area contributed by atoms with E-state index in [0.29, 0.717) is 18.3 Å². The Kier molecular flexibility index (Phi) is 5.98. The molecular formula is C11H23N3OS. The highest BCUT2D eigenvalue weighted by atomic mass is 32.2. The van der Waals surface area contributed by atoms with E-state index in [4.69, 9.17) is 10.9 Å². The molecule has 1 unspecified atom stereocenters. The molecule has 1 aliphatic carbocycles. The Hall–Kier alpha value is -0.420. The number of nitrogens with zero attached hydrogens (tertiary/aromatic N) is 1. The average molecular weight is 245 g/mol. The molecule has 16 heavy (non-hydrogen) atoms. The fraction of sp³-hybridized carbons (Fsp3) is 0.909. The topological polar surface area (TPSA) is 70.6 Å². The Labute approximate surface area is 102 Å². The molecule has 0 aromatic rings. The second kappa shape index (κ2) is 7.01. The summed E-state index contributed by atoms with van der Waals surface area (Å²) in [4.78, 5) is 0. The highest BCUT2D eigenvalue weighted by Crippen LogP contribution is 2.27. The molecule has 0 aromatic carbocycles. The van der Waals surface area contributed by atoms with Crippen LogP contribution in [0, 0.1) is 0 Å². The molecule has 4 nitrogen and oxygen atoms in total. The third-order valence-electron chi connectivity index (χ3n) is 3.17. The van der Waals surface area contributed by atoms with Gasteiger partial charge in [-0.2, -0.15) is 11.8 Å². The van der Waals surface area contributed by atoms with Gasteiger partial charge in [0.15, 0.2) is 0 Å². The van der Waals surface area contributed by atoms with Crippen molar-refractivity contribution in [2.75, 3.05) is 6.26 Å². The molecule has 1 saturated carbocycles. The van der Waals surface area contributed by atoms with Gasteiger partial charge >= 0.3 is 0 Å². The summed E-state index contributed by atoms with van der Waals surface area (Å²) in [5, 5.41) is 15.9. The quantitative estimate of drug-likeness (QED) is 0.299. The van der Waals surface area contributed by atoms with E-state index in [9.17, 15) is 0 Å². The number of thioether (sulfide) groups is 1. The number of hydrogen-bond donors (Lipinski definition) is 3. The van der Waals surface area contributed by atoms with Gasteiger partial charge < -0.3 is 16.3 Å². The van der Waals surface area contributed by atoms with Gasteiger partial charge in [0.1, 0.15) is 5.84 Å². The summed E-state index contributed by atoms with van der Waals surface area (Å²) in [7, 11) is 0. The van der Waals surface area contributed by atoms with E-state index in [0.717, 1.165) is 5.25 Å². The van der Waals surface area contributed by atoms with E-state index in [1.807, 2.05) is 11.8 Å². The van der Waals surface area contributed by atoms with Crippen LogP contribution in [0.5, 0.6) is 0 Å². The second-order valence-electron chi connectivity index (χ2n) is 4.57. The maximum absolute atomic E-state index is 8.49. The van der Waals surface area contributed by atoms with Crippen LogP contribution in [0.1, 0.15) is 39.0 Å². The predicted octanol–water partition coefficient (Wildman–Crippen LogP) is 1.78. The van der Waals surface area contributed by atoms with Crippen LogP contribution in [0.25, 0.3) is 0 Å². The minimum atomic E-state index is 0.284. The van der Waals surface area contributed by atoms with Crippen molar-refractivity contribution in [3.63, 3.8) is 0 Å². The van der Waals surface area contributed by atoms with E-state index in [-0.39, 0.29) is 6.04 Å². The molecule has 1 rings (SSSR count). The van der Waals surface area contributed by atoms with Crippen molar-refractivity contribution in [1.29, 1.82) is 0 Å². The number of nitrogens with one attached hydrogen (secondary N) is 1. The van der Waals surface area contributed by atoms with Gasteiger partial charge in [-0.3, -0.25) is 0 Å². The summed E-state index contributed by atoms with van der Waals surface area (Å²) in [5.41, 5.74) is 5.48. The first-order chi connectivity index (χ1) is 7.65. The fourth-order valence-corrected chi connectivity index (χ4v) is 3.02. The van der Waals surface area contributed by atoms with Crippen LogP contribution in [0.4, 0.5) is 0 Å². The molecule has 0 amide bonds. The fourth-order valence-electron chi connectivity index (χ4n) is 2.28. The third kappa shape index (κ3) is 4.61. The zero-order valence-corrected chi connectivity index (χ0v) is 11.0. The Morgan fingerprint density at radius 2 is 2.12 bits per heavy atom. The summed E-state index contributed by atoms with van der Waals surface area (Å²) in [6.45, 7) is 2.08. The minimum absolute atomic E-state index is 0.284. The van der Waals surface area contributed by atoms with E-state index in [1.54, 1.807) is 0 Å². The van der Waals surface area contributed by atoms with Crippen LogP contribution in [0.2, 0.25) is 0 Å². The van der Waals surface area contributed by atoms with Crippen molar-refractivity contribution in [2.24, 2.45) is 10.9 Å². The first kappa shape index (κ1) is 13.6. The van der Waals surface area contributed by atoms with Gasteiger partial charge in [-0.15, -0.1) is 0 Å². The van der Waals surface area contributed by atoms with Gasteiger partial charge in [0.05, 0.1) is 0 Å². The molecule has 0 heterocycles. The SMILES string of the molecule is CSC1CCC(NC(C)CC(N)=NO)CC1. The molecule has 1 atom stereocenters. The first-order valence-electron chi connectivity index (χ1n) is 5.91. The van der Waals surface area contributed by atoms with Gasteiger partial charge in [-0.05, 0) is 38.9 Å². The summed E-state index contributed by atoms with van der Waals surface area (Å²) < 4.78 is 0. The summed E-state index contributed by atoms with van der Waals surface area (Å²) in [6.07, 6.45) is 7.89. The van der Waals surface area contributed by atoms with Crippen LogP contribution in [-0.2, 0) is 0 Å². The Morgan fingerprint density at radius 3 is 2.62 bits per heavy atom. The lowest BCUT2D eigenvalue weighted by Crippen LogP contribution is -2.41. The summed E-state index contributed by atoms with van der Waals surface area (Å²) >= 11 is 1.98. The standard InChI is InChI=1S/C11H23N3OS/c1-8(7-11(12)14-15)13-9-3-5-10(16-2)6-4-9/h8-10,13,15H,3-7H2,1-2H3,(H2,12,14). The number of nitrogens with two attached hydrogens (primary N) is 1. The van der Waals surface area contributed by atoms with Crippen LogP contribution < -0.4 is 11.1 Å². The lowest BCUT2D eigenvalue weighted by molar-refractivity contribution is 0.313. The molecule has 0 aliphatic heterocycles. The number of hydrogen-bond acceptors (Lipinski definition) is 4. The van der Waals surface area contributed by atoms with Crippen molar-refractivity contribution in [1.82, 2.24) is 5.32 Å². The number of rotatable bonds is 5. The van der Waals surface area contributed by atoms with E-state index < -0.39 is 0 Å². The molecule has 94 valence electrons. The molecule has 1 fully saturated rings. The second-order valence-corrected chi connectivity index (χ2v) is 5.71. The van der Waals surface area contributed by atoms with Gasteiger partial charge in [0.2, 0.25) is 0 Å². The van der Waals surface area contributed by atoms with Gasteiger partial charge in [0.25, 0.3) is 0 Å². The zero-order chi connectivity index (χ0) is 12.0. The average Bonchev–Trinajstić information content (AvgIpc) is 2.29. The predicted molar refractivity (Wildman–Crippen MR) is 70.2 cm³/mol. The van der Waals surface area contributed by atoms with Gasteiger partial charge in [0, 0.05) is 23.8 Å². The van der Waals surface area contributed by atoms with Crippen molar-refractivity contribution < 1.29 is 5.21 Å². The van der Waals surface area contributed by atoms with E-state index in [2.05, 4.69) is 23.7 Å². The maximum Gasteiger partial charge on any atom is 0.140 e. The Balaban J connectivity index is 2.23. The molecule has 0 radical (unpaired) electrons. The molecule has 0 aromatic heterocycles. The van der Waals surface area contributed by atoms with E-state index >= 15 is 0 Å². The lowest BCUT2D eigenvalue weighted by Gasteiger charge is -2.30. The molecule has 5 heteroatoms. The monoisotopic (exact) mass is 245 g/mol. The van der Waals surface area contributed by atoms with Crippen molar-refractivity contribution in [2.45, 2.75) is 56.4 Å². The summed E-state index contributed by atoms with van der Waals surface area (Å²) in [5.74, 6) is 0.304. The normalized spacial score (nSPS) is 29.0. The van der Waals surface area contributed by atoms with E-state index in [1.165, 1.54) is 25.7 Å². The van der Waals surface area contributed by atoms with Crippen LogP contribution >= 0.6 is 11.8 Å². The van der Waals surface area contributed by atoms with Crippen LogP contribution in [0.15, 0.2) is 5.16 Å². The largest absolute Gasteiger partial charge is 0.409 e. The molecule has 0 bridgehead atoms. The maximum atomic E-state index is 8.49. The minimum Gasteiger partial charge on any atom is -0.409 e. The highest BCUT2D eigenvalue weighted by molar-refractivity contribution is 7.99. The molecule has 4 N–H and O–H groups in total. The van der Waals surface area contributed by atoms with Gasteiger partial charge in [-0.1, -0.05) is 5.16 Å². The smallest absolute Gasteiger partial charge is 0.140 e. The first-order valence-corrected chi connectivity index (χ1v) is 7.19. The van der Waals surface area contributed by atoms with Crippen LogP contribution in [-0.4, -0.2) is 34.6 Å². The number of oxime groups is 1. The molecular weight excluding hydrogens is 222 g/mol. The Morgan fingerprint density at radius 1 is 1.50 bits per heavy atom. The molecule has 0 spiro atoms. The van der Waals surface area contributed by atoms with Gasteiger partial charge in [-0.25, -0.2) is 0 Å². The molecule has 0 saturated heterocycles. The van der Waals surface area contributed by atoms with Crippen molar-refractivity contribution >= 4 is 17.6 Å². The lowest BCUT2D eigenvalue weighted by atomic mass is 9.94. The zero-order valence-electron chi connectivity index (χ0n) is 10.1. The summed E-state index contributed by atoms with van der Waals surface area (Å²) in [6, 6.07) is 0.886.